The second-order valence-corrected chi connectivity index (χ2v) is 5.37. The van der Waals surface area contributed by atoms with Crippen LogP contribution < -0.4 is 0 Å². The zero-order valence-electron chi connectivity index (χ0n) is 8.29. The molecule has 1 atom stereocenters. The Kier molecular flexibility index (Phi) is 4.58. The first-order chi connectivity index (χ1) is 6.58. The molecule has 0 aliphatic heterocycles. The van der Waals surface area contributed by atoms with Crippen LogP contribution in [0.1, 0.15) is 26.2 Å². The fourth-order valence-corrected chi connectivity index (χ4v) is 2.55. The number of hydrogen-bond acceptors (Lipinski definition) is 1. The quantitative estimate of drug-likeness (QED) is 0.579. The Morgan fingerprint density at radius 3 is 2.07 bits per heavy atom. The summed E-state index contributed by atoms with van der Waals surface area (Å²) in [6, 6.07) is 0. The third-order valence-corrected chi connectivity index (χ3v) is 3.87. The molecule has 7 heteroatoms. The zero-order valence-corrected chi connectivity index (χ0v) is 9.18. The highest BCUT2D eigenvalue weighted by Gasteiger charge is 2.50. The monoisotopic (exact) mass is 246 g/mol. The first-order valence-electron chi connectivity index (χ1n) is 4.34. The molecule has 0 bridgehead atoms. The van der Waals surface area contributed by atoms with E-state index in [0.717, 1.165) is 6.08 Å². The first kappa shape index (κ1) is 14.7. The van der Waals surface area contributed by atoms with Crippen molar-refractivity contribution in [2.45, 2.75) is 37.5 Å². The zero-order chi connectivity index (χ0) is 12.3. The van der Waals surface area contributed by atoms with Gasteiger partial charge in [-0.1, -0.05) is 19.4 Å². The molecule has 0 heterocycles. The lowest BCUT2D eigenvalue weighted by atomic mass is 9.98. The van der Waals surface area contributed by atoms with Crippen LogP contribution in [-0.4, -0.2) is 21.1 Å². The predicted molar refractivity (Wildman–Crippen MR) is 50.6 cm³/mol. The summed E-state index contributed by atoms with van der Waals surface area (Å²) in [6.45, 7) is 4.67. The lowest BCUT2D eigenvalue weighted by Crippen LogP contribution is -2.32. The maximum atomic E-state index is 12.2. The normalized spacial score (nSPS) is 17.2. The Morgan fingerprint density at radius 2 is 1.87 bits per heavy atom. The summed E-state index contributed by atoms with van der Waals surface area (Å²) in [6.07, 6.45) is -5.43. The van der Waals surface area contributed by atoms with Gasteiger partial charge in [0.25, 0.3) is 0 Å². The van der Waals surface area contributed by atoms with Crippen LogP contribution in [0.2, 0.25) is 0 Å². The molecular weight excluding hydrogens is 232 g/mol. The molecule has 0 saturated heterocycles. The molecule has 0 aliphatic rings. The lowest BCUT2D eigenvalue weighted by Gasteiger charge is -2.31. The maximum Gasteiger partial charge on any atom is 0.390 e. The minimum Gasteiger partial charge on any atom is -0.324 e. The van der Waals surface area contributed by atoms with E-state index in [9.17, 15) is 17.7 Å². The number of halogens is 3. The molecule has 2 N–H and O–H groups in total. The summed E-state index contributed by atoms with van der Waals surface area (Å²) in [5.74, 6) is 0. The number of alkyl halides is 3. The summed E-state index contributed by atoms with van der Waals surface area (Å²) >= 11 is 0. The molecule has 0 amide bonds. The number of rotatable bonds is 5. The Labute approximate surface area is 86.2 Å². The van der Waals surface area contributed by atoms with Crippen molar-refractivity contribution in [2.24, 2.45) is 0 Å². The van der Waals surface area contributed by atoms with E-state index in [1.807, 2.05) is 0 Å². The summed E-state index contributed by atoms with van der Waals surface area (Å²) in [5.41, 5.74) is 0. The van der Waals surface area contributed by atoms with Gasteiger partial charge in [-0.3, -0.25) is 4.57 Å². The lowest BCUT2D eigenvalue weighted by molar-refractivity contribution is -0.140. The summed E-state index contributed by atoms with van der Waals surface area (Å²) < 4.78 is 47.7. The van der Waals surface area contributed by atoms with E-state index in [2.05, 4.69) is 6.58 Å². The maximum absolute atomic E-state index is 12.2. The fraction of sp³-hybridized carbons (Fsp3) is 0.750. The third kappa shape index (κ3) is 3.97. The second kappa shape index (κ2) is 4.68. The molecule has 1 unspecified atom stereocenters. The fourth-order valence-electron chi connectivity index (χ4n) is 1.41. The van der Waals surface area contributed by atoms with E-state index in [-0.39, 0.29) is 12.8 Å². The molecule has 0 aromatic heterocycles. The SMILES string of the molecule is C=CC(CCC)(CC(F)(F)F)P(=O)(O)O. The van der Waals surface area contributed by atoms with Gasteiger partial charge in [-0.2, -0.15) is 13.2 Å². The molecule has 0 saturated carbocycles. The van der Waals surface area contributed by atoms with Gasteiger partial charge in [-0.25, -0.2) is 0 Å². The Hall–Kier alpha value is -0.320. The van der Waals surface area contributed by atoms with Gasteiger partial charge < -0.3 is 9.79 Å². The van der Waals surface area contributed by atoms with E-state index in [4.69, 9.17) is 9.79 Å². The van der Waals surface area contributed by atoms with Crippen molar-refractivity contribution in [3.05, 3.63) is 12.7 Å². The molecule has 0 aromatic carbocycles. The number of hydrogen-bond donors (Lipinski definition) is 2. The van der Waals surface area contributed by atoms with Gasteiger partial charge in [-0.05, 0) is 6.42 Å². The molecule has 0 spiro atoms. The molecular formula is C8H14F3O3P. The average molecular weight is 246 g/mol. The van der Waals surface area contributed by atoms with Gasteiger partial charge in [0.05, 0.1) is 11.6 Å². The van der Waals surface area contributed by atoms with E-state index in [1.165, 1.54) is 0 Å². The highest BCUT2D eigenvalue weighted by molar-refractivity contribution is 7.53. The molecule has 0 radical (unpaired) electrons. The minimum atomic E-state index is -4.86. The van der Waals surface area contributed by atoms with Crippen LogP contribution in [0.4, 0.5) is 13.2 Å². The van der Waals surface area contributed by atoms with Gasteiger partial charge >= 0.3 is 13.8 Å². The van der Waals surface area contributed by atoms with Crippen LogP contribution in [0.25, 0.3) is 0 Å². The van der Waals surface area contributed by atoms with Gasteiger partial charge in [0.15, 0.2) is 0 Å². The second-order valence-electron chi connectivity index (χ2n) is 3.39. The van der Waals surface area contributed by atoms with Crippen molar-refractivity contribution in [3.8, 4) is 0 Å². The van der Waals surface area contributed by atoms with E-state index < -0.39 is 25.3 Å². The predicted octanol–water partition coefficient (Wildman–Crippen LogP) is 2.84. The standard InChI is InChI=1S/C8H14F3O3P/c1-3-5-7(4-2,15(12,13)14)6-8(9,10)11/h4H,2-3,5-6H2,1H3,(H2,12,13,14). The Morgan fingerprint density at radius 1 is 1.40 bits per heavy atom. The van der Waals surface area contributed by atoms with E-state index in [0.29, 0.717) is 0 Å². The average Bonchev–Trinajstić information content (AvgIpc) is 1.98. The first-order valence-corrected chi connectivity index (χ1v) is 5.95. The molecule has 3 nitrogen and oxygen atoms in total. The van der Waals surface area contributed by atoms with Crippen molar-refractivity contribution in [3.63, 3.8) is 0 Å². The molecule has 15 heavy (non-hydrogen) atoms. The van der Waals surface area contributed by atoms with Crippen LogP contribution in [0.3, 0.4) is 0 Å². The van der Waals surface area contributed by atoms with Gasteiger partial charge in [0.2, 0.25) is 0 Å². The van der Waals surface area contributed by atoms with Crippen molar-refractivity contribution in [1.29, 1.82) is 0 Å². The van der Waals surface area contributed by atoms with Crippen molar-refractivity contribution >= 4 is 7.60 Å². The summed E-state index contributed by atoms with van der Waals surface area (Å²) in [7, 11) is -4.86. The summed E-state index contributed by atoms with van der Waals surface area (Å²) in [4.78, 5) is 17.9. The van der Waals surface area contributed by atoms with Gasteiger partial charge in [-0.15, -0.1) is 6.58 Å². The largest absolute Gasteiger partial charge is 0.390 e. The Balaban J connectivity index is 5.18. The van der Waals surface area contributed by atoms with Crippen LogP contribution in [0, 0.1) is 0 Å². The smallest absolute Gasteiger partial charge is 0.324 e. The molecule has 0 aliphatic carbocycles. The molecule has 0 fully saturated rings. The highest BCUT2D eigenvalue weighted by Crippen LogP contribution is 2.58. The third-order valence-electron chi connectivity index (χ3n) is 2.15. The van der Waals surface area contributed by atoms with Crippen molar-refractivity contribution < 1.29 is 27.5 Å². The van der Waals surface area contributed by atoms with E-state index >= 15 is 0 Å². The minimum absolute atomic E-state index is 0.236. The van der Waals surface area contributed by atoms with Crippen LogP contribution in [0.15, 0.2) is 12.7 Å². The molecule has 90 valence electrons. The highest BCUT2D eigenvalue weighted by atomic mass is 31.2. The van der Waals surface area contributed by atoms with Gasteiger partial charge in [0, 0.05) is 0 Å². The topological polar surface area (TPSA) is 57.5 Å². The molecule has 0 rings (SSSR count). The van der Waals surface area contributed by atoms with Gasteiger partial charge in [0.1, 0.15) is 0 Å². The summed E-state index contributed by atoms with van der Waals surface area (Å²) in [5, 5.41) is -2.18. The van der Waals surface area contributed by atoms with Crippen LogP contribution in [-0.2, 0) is 4.57 Å². The van der Waals surface area contributed by atoms with E-state index in [1.54, 1.807) is 6.92 Å². The van der Waals surface area contributed by atoms with Crippen molar-refractivity contribution in [2.75, 3.05) is 0 Å². The van der Waals surface area contributed by atoms with Crippen molar-refractivity contribution in [1.82, 2.24) is 0 Å². The Bertz CT molecular complexity index is 271. The van der Waals surface area contributed by atoms with Crippen LogP contribution >= 0.6 is 7.60 Å². The number of allylic oxidation sites excluding steroid dienone is 1. The van der Waals surface area contributed by atoms with Crippen LogP contribution in [0.5, 0.6) is 0 Å². The molecule has 0 aromatic rings.